The number of amides is 3. The number of rotatable bonds is 12. The van der Waals surface area contributed by atoms with Crippen LogP contribution in [0.3, 0.4) is 0 Å². The van der Waals surface area contributed by atoms with Crippen LogP contribution >= 0.6 is 0 Å². The molecule has 156 valence electrons. The molecule has 3 amide bonds. The van der Waals surface area contributed by atoms with Crippen molar-refractivity contribution in [3.63, 3.8) is 0 Å². The van der Waals surface area contributed by atoms with Crippen molar-refractivity contribution in [1.29, 1.82) is 0 Å². The zero-order chi connectivity index (χ0) is 21.1. The fraction of sp³-hybridized carbons (Fsp3) is 0.765. The SMILES string of the molecule is CCC(C)C(NC(=O)C(N)CC(C)C)C(=O)NC(CO)C(=O)NCC(=O)O. The molecule has 10 nitrogen and oxygen atoms in total. The molecule has 0 rings (SSSR count). The smallest absolute Gasteiger partial charge is 0.322 e. The van der Waals surface area contributed by atoms with Crippen molar-refractivity contribution < 1.29 is 29.4 Å². The molecule has 4 atom stereocenters. The molecule has 0 aliphatic heterocycles. The third-order valence-electron chi connectivity index (χ3n) is 4.08. The third-order valence-corrected chi connectivity index (χ3v) is 4.08. The Morgan fingerprint density at radius 3 is 2.04 bits per heavy atom. The Morgan fingerprint density at radius 1 is 1.00 bits per heavy atom. The molecular weight excluding hydrogens is 356 g/mol. The Kier molecular flexibility index (Phi) is 11.2. The molecule has 0 saturated heterocycles. The minimum atomic E-state index is -1.33. The summed E-state index contributed by atoms with van der Waals surface area (Å²) in [5.41, 5.74) is 5.85. The second kappa shape index (κ2) is 12.2. The van der Waals surface area contributed by atoms with Crippen LogP contribution < -0.4 is 21.7 Å². The second-order valence-corrected chi connectivity index (χ2v) is 6.96. The van der Waals surface area contributed by atoms with Gasteiger partial charge in [0.25, 0.3) is 0 Å². The van der Waals surface area contributed by atoms with E-state index in [1.165, 1.54) is 0 Å². The van der Waals surface area contributed by atoms with E-state index in [2.05, 4.69) is 16.0 Å². The van der Waals surface area contributed by atoms with Crippen molar-refractivity contribution in [2.75, 3.05) is 13.2 Å². The molecule has 10 heteroatoms. The average molecular weight is 388 g/mol. The summed E-state index contributed by atoms with van der Waals surface area (Å²) in [6.07, 6.45) is 1.03. The van der Waals surface area contributed by atoms with E-state index >= 15 is 0 Å². The van der Waals surface area contributed by atoms with Crippen LogP contribution in [0.2, 0.25) is 0 Å². The van der Waals surface area contributed by atoms with Gasteiger partial charge in [-0.3, -0.25) is 19.2 Å². The number of carboxylic acid groups (broad SMARTS) is 1. The van der Waals surface area contributed by atoms with E-state index < -0.39 is 55.0 Å². The highest BCUT2D eigenvalue weighted by Crippen LogP contribution is 2.10. The van der Waals surface area contributed by atoms with Crippen LogP contribution in [0.15, 0.2) is 0 Å². The highest BCUT2D eigenvalue weighted by molar-refractivity contribution is 5.93. The summed E-state index contributed by atoms with van der Waals surface area (Å²) in [6.45, 7) is 6.10. The first-order valence-corrected chi connectivity index (χ1v) is 9.00. The van der Waals surface area contributed by atoms with Gasteiger partial charge in [-0.1, -0.05) is 34.1 Å². The monoisotopic (exact) mass is 388 g/mol. The van der Waals surface area contributed by atoms with Crippen molar-refractivity contribution in [3.8, 4) is 0 Å². The first-order valence-electron chi connectivity index (χ1n) is 9.00. The predicted molar refractivity (Wildman–Crippen MR) is 98.5 cm³/mol. The Morgan fingerprint density at radius 2 is 1.59 bits per heavy atom. The summed E-state index contributed by atoms with van der Waals surface area (Å²) >= 11 is 0. The molecule has 0 radical (unpaired) electrons. The van der Waals surface area contributed by atoms with Crippen molar-refractivity contribution in [1.82, 2.24) is 16.0 Å². The number of hydrogen-bond donors (Lipinski definition) is 6. The van der Waals surface area contributed by atoms with Gasteiger partial charge in [0.2, 0.25) is 17.7 Å². The summed E-state index contributed by atoms with van der Waals surface area (Å²) in [4.78, 5) is 47.2. The van der Waals surface area contributed by atoms with Crippen molar-refractivity contribution >= 4 is 23.7 Å². The minimum absolute atomic E-state index is 0.207. The minimum Gasteiger partial charge on any atom is -0.480 e. The Balaban J connectivity index is 5.06. The summed E-state index contributed by atoms with van der Waals surface area (Å²) in [6, 6.07) is -3.04. The lowest BCUT2D eigenvalue weighted by Crippen LogP contribution is -2.58. The number of aliphatic hydroxyl groups excluding tert-OH is 1. The highest BCUT2D eigenvalue weighted by Gasteiger charge is 2.31. The molecule has 7 N–H and O–H groups in total. The van der Waals surface area contributed by atoms with Gasteiger partial charge in [-0.25, -0.2) is 0 Å². The molecule has 0 fully saturated rings. The van der Waals surface area contributed by atoms with Gasteiger partial charge >= 0.3 is 5.97 Å². The molecular formula is C17H32N4O6. The van der Waals surface area contributed by atoms with E-state index in [1.54, 1.807) is 6.92 Å². The number of hydrogen-bond acceptors (Lipinski definition) is 6. The van der Waals surface area contributed by atoms with Crippen LogP contribution in [-0.4, -0.2) is 65.2 Å². The van der Waals surface area contributed by atoms with E-state index in [4.69, 9.17) is 10.8 Å². The Labute approximate surface area is 159 Å². The number of carbonyl (C=O) groups excluding carboxylic acids is 3. The van der Waals surface area contributed by atoms with E-state index in [1.807, 2.05) is 20.8 Å². The zero-order valence-corrected chi connectivity index (χ0v) is 16.3. The van der Waals surface area contributed by atoms with E-state index in [9.17, 15) is 24.3 Å². The maximum absolute atomic E-state index is 12.6. The average Bonchev–Trinajstić information content (AvgIpc) is 2.60. The van der Waals surface area contributed by atoms with Crippen LogP contribution in [0, 0.1) is 11.8 Å². The summed E-state index contributed by atoms with van der Waals surface area (Å²) in [5.74, 6) is -3.26. The molecule has 0 saturated carbocycles. The van der Waals surface area contributed by atoms with Crippen LogP contribution in [0.1, 0.15) is 40.5 Å². The van der Waals surface area contributed by atoms with Gasteiger partial charge < -0.3 is 31.9 Å². The first kappa shape index (κ1) is 24.8. The summed E-state index contributed by atoms with van der Waals surface area (Å²) in [5, 5.41) is 24.9. The van der Waals surface area contributed by atoms with Crippen LogP contribution in [0.5, 0.6) is 0 Å². The zero-order valence-electron chi connectivity index (χ0n) is 16.3. The topological polar surface area (TPSA) is 171 Å². The van der Waals surface area contributed by atoms with Crippen LogP contribution in [-0.2, 0) is 19.2 Å². The van der Waals surface area contributed by atoms with Gasteiger partial charge in [-0.15, -0.1) is 0 Å². The van der Waals surface area contributed by atoms with Gasteiger partial charge in [0, 0.05) is 0 Å². The van der Waals surface area contributed by atoms with Gasteiger partial charge in [0.15, 0.2) is 0 Å². The normalized spacial score (nSPS) is 15.4. The maximum atomic E-state index is 12.6. The molecule has 4 unspecified atom stereocenters. The largest absolute Gasteiger partial charge is 0.480 e. The van der Waals surface area contributed by atoms with Gasteiger partial charge in [-0.05, 0) is 18.3 Å². The molecule has 0 aromatic rings. The van der Waals surface area contributed by atoms with E-state index in [0.29, 0.717) is 12.8 Å². The molecule has 0 heterocycles. The van der Waals surface area contributed by atoms with Crippen LogP contribution in [0.4, 0.5) is 0 Å². The lowest BCUT2D eigenvalue weighted by atomic mass is 9.96. The van der Waals surface area contributed by atoms with E-state index in [0.717, 1.165) is 0 Å². The lowest BCUT2D eigenvalue weighted by Gasteiger charge is -2.27. The number of nitrogens with one attached hydrogen (secondary N) is 3. The highest BCUT2D eigenvalue weighted by atomic mass is 16.4. The number of nitrogens with two attached hydrogens (primary N) is 1. The number of aliphatic hydroxyl groups is 1. The van der Waals surface area contributed by atoms with E-state index in [-0.39, 0.29) is 11.8 Å². The summed E-state index contributed by atoms with van der Waals surface area (Å²) < 4.78 is 0. The molecule has 0 spiro atoms. The fourth-order valence-electron chi connectivity index (χ4n) is 2.32. The second-order valence-electron chi connectivity index (χ2n) is 6.96. The number of carboxylic acids is 1. The maximum Gasteiger partial charge on any atom is 0.322 e. The van der Waals surface area contributed by atoms with Gasteiger partial charge in [-0.2, -0.15) is 0 Å². The molecule has 0 aliphatic carbocycles. The van der Waals surface area contributed by atoms with Crippen LogP contribution in [0.25, 0.3) is 0 Å². The first-order chi connectivity index (χ1) is 12.5. The van der Waals surface area contributed by atoms with Crippen molar-refractivity contribution in [3.05, 3.63) is 0 Å². The molecule has 0 aromatic heterocycles. The molecule has 0 bridgehead atoms. The Hall–Kier alpha value is -2.20. The third kappa shape index (κ3) is 9.34. The molecule has 0 aliphatic rings. The van der Waals surface area contributed by atoms with Crippen molar-refractivity contribution in [2.24, 2.45) is 17.6 Å². The Bertz CT molecular complexity index is 526. The molecule has 27 heavy (non-hydrogen) atoms. The molecule has 0 aromatic carbocycles. The number of aliphatic carboxylic acids is 1. The van der Waals surface area contributed by atoms with Gasteiger partial charge in [0.05, 0.1) is 12.6 Å². The number of carbonyl (C=O) groups is 4. The van der Waals surface area contributed by atoms with Gasteiger partial charge in [0.1, 0.15) is 18.6 Å². The standard InChI is InChI=1S/C17H32N4O6/c1-5-10(4)14(21-15(25)11(18)6-9(2)3)17(27)20-12(8-22)16(26)19-7-13(23)24/h9-12,14,22H,5-8,18H2,1-4H3,(H,19,26)(H,20,27)(H,21,25)(H,23,24). The van der Waals surface area contributed by atoms with Crippen molar-refractivity contribution in [2.45, 2.75) is 58.7 Å². The quantitative estimate of drug-likeness (QED) is 0.238. The predicted octanol–water partition coefficient (Wildman–Crippen LogP) is -1.43. The lowest BCUT2D eigenvalue weighted by molar-refractivity contribution is -0.139. The fourth-order valence-corrected chi connectivity index (χ4v) is 2.32. The summed E-state index contributed by atoms with van der Waals surface area (Å²) in [7, 11) is 0.